The number of esters is 1. The van der Waals surface area contributed by atoms with Gasteiger partial charge in [0.2, 0.25) is 5.91 Å². The average Bonchev–Trinajstić information content (AvgIpc) is 3.32. The van der Waals surface area contributed by atoms with E-state index < -0.39 is 17.8 Å². The van der Waals surface area contributed by atoms with Gasteiger partial charge in [-0.15, -0.1) is 11.3 Å². The van der Waals surface area contributed by atoms with Crippen LogP contribution in [0.5, 0.6) is 11.5 Å². The molecule has 1 fully saturated rings. The SMILES string of the molecule is CSCCC(N)C(=O)OCCn1cc(-c2cc3nccc(Oc4ccc(NC(=O)C5(C)CC5)cc4F)c3s2)cn1. The molecule has 1 aliphatic rings. The van der Waals surface area contributed by atoms with Gasteiger partial charge in [-0.2, -0.15) is 16.9 Å². The molecule has 12 heteroatoms. The summed E-state index contributed by atoms with van der Waals surface area (Å²) in [7, 11) is 0. The normalized spacial score (nSPS) is 14.6. The molecule has 1 amide bonds. The Morgan fingerprint density at radius 2 is 2.10 bits per heavy atom. The molecular formula is C28H30FN5O4S2. The summed E-state index contributed by atoms with van der Waals surface area (Å²) in [5.41, 5.74) is 7.47. The number of carbonyl (C=O) groups is 2. The van der Waals surface area contributed by atoms with Crippen molar-refractivity contribution >= 4 is 50.9 Å². The van der Waals surface area contributed by atoms with Crippen molar-refractivity contribution in [1.82, 2.24) is 14.8 Å². The maximum Gasteiger partial charge on any atom is 0.323 e. The number of pyridine rings is 1. The molecule has 40 heavy (non-hydrogen) atoms. The second kappa shape index (κ2) is 11.9. The summed E-state index contributed by atoms with van der Waals surface area (Å²) in [6.45, 7) is 2.47. The van der Waals surface area contributed by atoms with Crippen LogP contribution in [0.2, 0.25) is 0 Å². The summed E-state index contributed by atoms with van der Waals surface area (Å²) in [5.74, 6) is 0.238. The molecule has 1 saturated carbocycles. The molecule has 1 atom stereocenters. The van der Waals surface area contributed by atoms with E-state index in [-0.39, 0.29) is 23.7 Å². The molecular weight excluding hydrogens is 553 g/mol. The molecule has 1 unspecified atom stereocenters. The van der Waals surface area contributed by atoms with Crippen LogP contribution >= 0.6 is 23.1 Å². The Kier molecular flexibility index (Phi) is 8.38. The van der Waals surface area contributed by atoms with E-state index in [0.29, 0.717) is 29.9 Å². The van der Waals surface area contributed by atoms with E-state index in [0.717, 1.165) is 33.7 Å². The minimum absolute atomic E-state index is 0.0496. The lowest BCUT2D eigenvalue weighted by Crippen LogP contribution is -2.33. The molecule has 4 aromatic rings. The van der Waals surface area contributed by atoms with Crippen molar-refractivity contribution in [2.75, 3.05) is 23.9 Å². The number of halogens is 1. The van der Waals surface area contributed by atoms with Crippen LogP contribution in [-0.2, 0) is 20.9 Å². The second-order valence-electron chi connectivity index (χ2n) is 9.94. The molecule has 3 N–H and O–H groups in total. The third-order valence-corrected chi connectivity index (χ3v) is 8.58. The van der Waals surface area contributed by atoms with Crippen molar-refractivity contribution in [1.29, 1.82) is 0 Å². The molecule has 9 nitrogen and oxygen atoms in total. The third-order valence-electron chi connectivity index (χ3n) is 6.75. The van der Waals surface area contributed by atoms with Crippen LogP contribution in [0.1, 0.15) is 26.2 Å². The first-order valence-corrected chi connectivity index (χ1v) is 15.1. The predicted octanol–water partition coefficient (Wildman–Crippen LogP) is 5.45. The van der Waals surface area contributed by atoms with E-state index in [9.17, 15) is 14.0 Å². The highest BCUT2D eigenvalue weighted by Crippen LogP contribution is 2.46. The Balaban J connectivity index is 1.24. The number of rotatable bonds is 12. The monoisotopic (exact) mass is 583 g/mol. The van der Waals surface area contributed by atoms with Crippen LogP contribution < -0.4 is 15.8 Å². The van der Waals surface area contributed by atoms with Gasteiger partial charge in [0, 0.05) is 46.1 Å². The predicted molar refractivity (Wildman–Crippen MR) is 155 cm³/mol. The smallest absolute Gasteiger partial charge is 0.323 e. The number of nitrogens with two attached hydrogens (primary N) is 1. The Bertz CT molecular complexity index is 1530. The minimum Gasteiger partial charge on any atom is -0.463 e. The van der Waals surface area contributed by atoms with Gasteiger partial charge in [0.1, 0.15) is 18.4 Å². The fraction of sp³-hybridized carbons (Fsp3) is 0.357. The number of hydrogen-bond donors (Lipinski definition) is 2. The molecule has 0 bridgehead atoms. The lowest BCUT2D eigenvalue weighted by molar-refractivity contribution is -0.145. The number of aromatic nitrogens is 3. The maximum atomic E-state index is 14.9. The largest absolute Gasteiger partial charge is 0.463 e. The highest BCUT2D eigenvalue weighted by Gasteiger charge is 2.44. The zero-order valence-electron chi connectivity index (χ0n) is 22.2. The van der Waals surface area contributed by atoms with Crippen LogP contribution in [0, 0.1) is 11.2 Å². The molecule has 1 aliphatic carbocycles. The van der Waals surface area contributed by atoms with E-state index >= 15 is 0 Å². The quantitative estimate of drug-likeness (QED) is 0.211. The zero-order valence-corrected chi connectivity index (χ0v) is 23.8. The summed E-state index contributed by atoms with van der Waals surface area (Å²) in [5, 5.41) is 7.15. The molecule has 0 saturated heterocycles. The van der Waals surface area contributed by atoms with Gasteiger partial charge in [-0.1, -0.05) is 6.92 Å². The molecule has 3 heterocycles. The molecule has 0 radical (unpaired) electrons. The van der Waals surface area contributed by atoms with Crippen LogP contribution in [0.15, 0.2) is 48.9 Å². The number of carbonyl (C=O) groups excluding carboxylic acids is 2. The van der Waals surface area contributed by atoms with Crippen molar-refractivity contribution in [3.63, 3.8) is 0 Å². The first-order valence-electron chi connectivity index (χ1n) is 12.9. The number of nitrogens with one attached hydrogen (secondary N) is 1. The van der Waals surface area contributed by atoms with Crippen LogP contribution in [0.3, 0.4) is 0 Å². The molecule has 3 aromatic heterocycles. The van der Waals surface area contributed by atoms with Crippen molar-refractivity contribution in [3.05, 3.63) is 54.7 Å². The van der Waals surface area contributed by atoms with Crippen molar-refractivity contribution < 1.29 is 23.5 Å². The van der Waals surface area contributed by atoms with Gasteiger partial charge in [0.25, 0.3) is 0 Å². The van der Waals surface area contributed by atoms with Gasteiger partial charge < -0.3 is 20.5 Å². The highest BCUT2D eigenvalue weighted by molar-refractivity contribution is 7.98. The van der Waals surface area contributed by atoms with E-state index in [2.05, 4.69) is 15.4 Å². The number of hydrogen-bond acceptors (Lipinski definition) is 9. The van der Waals surface area contributed by atoms with Gasteiger partial charge >= 0.3 is 5.97 Å². The molecule has 210 valence electrons. The van der Waals surface area contributed by atoms with Crippen LogP contribution in [0.25, 0.3) is 20.7 Å². The Morgan fingerprint density at radius 1 is 1.27 bits per heavy atom. The molecule has 1 aromatic carbocycles. The molecule has 5 rings (SSSR count). The highest BCUT2D eigenvalue weighted by atomic mass is 32.2. The summed E-state index contributed by atoms with van der Waals surface area (Å²) in [6.07, 6.45) is 9.42. The maximum absolute atomic E-state index is 14.9. The first-order chi connectivity index (χ1) is 19.3. The lowest BCUT2D eigenvalue weighted by Gasteiger charge is -2.12. The number of nitrogens with zero attached hydrogens (tertiary/aromatic N) is 3. The Labute approximate surface area is 239 Å². The Morgan fingerprint density at radius 3 is 2.85 bits per heavy atom. The molecule has 0 aliphatic heterocycles. The topological polar surface area (TPSA) is 121 Å². The summed E-state index contributed by atoms with van der Waals surface area (Å²) >= 11 is 3.09. The fourth-order valence-electron chi connectivity index (χ4n) is 3.94. The number of fused-ring (bicyclic) bond motifs is 1. The summed E-state index contributed by atoms with van der Waals surface area (Å²) in [6, 6.07) is 7.39. The van der Waals surface area contributed by atoms with E-state index in [4.69, 9.17) is 15.2 Å². The number of thioether (sulfide) groups is 1. The van der Waals surface area contributed by atoms with Gasteiger partial charge in [0.15, 0.2) is 11.6 Å². The van der Waals surface area contributed by atoms with Crippen LogP contribution in [0.4, 0.5) is 10.1 Å². The van der Waals surface area contributed by atoms with Crippen LogP contribution in [-0.4, -0.2) is 51.3 Å². The third kappa shape index (κ3) is 6.45. The van der Waals surface area contributed by atoms with E-state index in [1.54, 1.807) is 41.0 Å². The van der Waals surface area contributed by atoms with Crippen molar-refractivity contribution in [2.24, 2.45) is 11.1 Å². The Hall–Kier alpha value is -3.48. The van der Waals surface area contributed by atoms with E-state index in [1.165, 1.54) is 23.5 Å². The van der Waals surface area contributed by atoms with Gasteiger partial charge in [-0.05, 0) is 49.5 Å². The lowest BCUT2D eigenvalue weighted by atomic mass is 10.1. The fourth-order valence-corrected chi connectivity index (χ4v) is 5.47. The minimum atomic E-state index is -0.619. The van der Waals surface area contributed by atoms with Crippen molar-refractivity contribution in [2.45, 2.75) is 38.8 Å². The number of anilines is 1. The van der Waals surface area contributed by atoms with Gasteiger partial charge in [0.05, 0.1) is 23.0 Å². The summed E-state index contributed by atoms with van der Waals surface area (Å²) < 4.78 is 28.6. The number of amides is 1. The number of ether oxygens (including phenoxy) is 2. The number of benzene rings is 1. The molecule has 0 spiro atoms. The first kappa shape index (κ1) is 28.1. The zero-order chi connectivity index (χ0) is 28.3. The summed E-state index contributed by atoms with van der Waals surface area (Å²) in [4.78, 5) is 29.6. The average molecular weight is 584 g/mol. The van der Waals surface area contributed by atoms with Gasteiger partial charge in [-0.3, -0.25) is 19.3 Å². The van der Waals surface area contributed by atoms with Gasteiger partial charge in [-0.25, -0.2) is 4.39 Å². The van der Waals surface area contributed by atoms with E-state index in [1.807, 2.05) is 25.4 Å². The number of thiophene rings is 1. The second-order valence-corrected chi connectivity index (χ2v) is 12.0. The standard InChI is InChI=1S/C28H30FN5O4S2/c1-28(7-8-28)27(36)33-18-3-4-22(19(29)13-18)38-23-5-9-31-21-14-24(40-25(21)23)17-15-32-34(16-17)10-11-37-26(35)20(30)6-12-39-2/h3-5,9,13-16,20H,6-8,10-12,30H2,1-2H3,(H,33,36). The van der Waals surface area contributed by atoms with Crippen molar-refractivity contribution in [3.8, 4) is 21.9 Å².